The lowest BCUT2D eigenvalue weighted by molar-refractivity contribution is 0.391. The average molecular weight is 207 g/mol. The van der Waals surface area contributed by atoms with Gasteiger partial charge in [-0.05, 0) is 25.7 Å². The maximum absolute atomic E-state index is 4.62. The summed E-state index contributed by atoms with van der Waals surface area (Å²) in [6.07, 6.45) is 6.85. The molecule has 1 N–H and O–H groups in total. The molecule has 3 nitrogen and oxygen atoms in total. The van der Waals surface area contributed by atoms with Gasteiger partial charge < -0.3 is 9.88 Å². The van der Waals surface area contributed by atoms with E-state index in [0.29, 0.717) is 12.1 Å². The van der Waals surface area contributed by atoms with Crippen LogP contribution in [0.3, 0.4) is 0 Å². The summed E-state index contributed by atoms with van der Waals surface area (Å²) < 4.78 is 2.32. The van der Waals surface area contributed by atoms with Crippen molar-refractivity contribution in [1.29, 1.82) is 0 Å². The highest BCUT2D eigenvalue weighted by Crippen LogP contribution is 2.30. The maximum atomic E-state index is 4.62. The molecule has 0 aromatic carbocycles. The van der Waals surface area contributed by atoms with Crippen molar-refractivity contribution in [2.75, 3.05) is 5.32 Å². The van der Waals surface area contributed by atoms with Crippen molar-refractivity contribution in [3.63, 3.8) is 0 Å². The topological polar surface area (TPSA) is 29.9 Å². The van der Waals surface area contributed by atoms with Gasteiger partial charge in [0.2, 0.25) is 5.95 Å². The van der Waals surface area contributed by atoms with E-state index in [1.807, 2.05) is 0 Å². The molecule has 2 rings (SSSR count). The highest BCUT2D eigenvalue weighted by Gasteiger charge is 2.25. The molecule has 0 amide bonds. The fourth-order valence-electron chi connectivity index (χ4n) is 2.32. The minimum absolute atomic E-state index is 0.606. The second-order valence-corrected chi connectivity index (χ2v) is 4.36. The second-order valence-electron chi connectivity index (χ2n) is 4.36. The molecule has 1 aliphatic heterocycles. The van der Waals surface area contributed by atoms with Crippen LogP contribution in [0.5, 0.6) is 0 Å². The molecule has 0 bridgehead atoms. The average Bonchev–Trinajstić information content (AvgIpc) is 2.70. The Labute approximate surface area is 91.9 Å². The van der Waals surface area contributed by atoms with Crippen LogP contribution in [0, 0.1) is 0 Å². The monoisotopic (exact) mass is 207 g/mol. The third kappa shape index (κ3) is 1.87. The molecule has 0 fully saturated rings. The highest BCUT2D eigenvalue weighted by molar-refractivity contribution is 5.33. The number of imidazole rings is 1. The van der Waals surface area contributed by atoms with Crippen LogP contribution < -0.4 is 5.32 Å². The van der Waals surface area contributed by atoms with Gasteiger partial charge in [-0.1, -0.05) is 20.8 Å². The smallest absolute Gasteiger partial charge is 0.203 e. The van der Waals surface area contributed by atoms with Crippen LogP contribution >= 0.6 is 0 Å². The van der Waals surface area contributed by atoms with Crippen molar-refractivity contribution in [1.82, 2.24) is 9.55 Å². The number of hydrogen-bond acceptors (Lipinski definition) is 2. The zero-order valence-corrected chi connectivity index (χ0v) is 9.95. The van der Waals surface area contributed by atoms with Gasteiger partial charge in [0.1, 0.15) is 0 Å². The highest BCUT2D eigenvalue weighted by atomic mass is 15.3. The lowest BCUT2D eigenvalue weighted by Crippen LogP contribution is -2.31. The van der Waals surface area contributed by atoms with Crippen LogP contribution in [0.2, 0.25) is 0 Å². The molecule has 1 aromatic heterocycles. The molecule has 1 aliphatic rings. The molecule has 3 heteroatoms. The van der Waals surface area contributed by atoms with Gasteiger partial charge >= 0.3 is 0 Å². The minimum atomic E-state index is 0.606. The number of anilines is 1. The van der Waals surface area contributed by atoms with Crippen LogP contribution in [0.15, 0.2) is 6.20 Å². The van der Waals surface area contributed by atoms with Crippen molar-refractivity contribution in [3.05, 3.63) is 11.9 Å². The van der Waals surface area contributed by atoms with Gasteiger partial charge in [0.25, 0.3) is 0 Å². The Balaban J connectivity index is 2.29. The molecule has 15 heavy (non-hydrogen) atoms. The number of fused-ring (bicyclic) bond motifs is 1. The Hall–Kier alpha value is -0.990. The van der Waals surface area contributed by atoms with E-state index < -0.39 is 0 Å². The van der Waals surface area contributed by atoms with E-state index in [2.05, 4.69) is 41.8 Å². The molecule has 2 unspecified atom stereocenters. The lowest BCUT2D eigenvalue weighted by atomic mass is 10.0. The fraction of sp³-hybridized carbons (Fsp3) is 0.750. The molecule has 2 heterocycles. The molecule has 0 radical (unpaired) electrons. The Morgan fingerprint density at radius 2 is 2.20 bits per heavy atom. The normalized spacial score (nSPS) is 24.7. The number of aromatic nitrogens is 2. The predicted molar refractivity (Wildman–Crippen MR) is 63.3 cm³/mol. The Bertz CT molecular complexity index is 330. The zero-order chi connectivity index (χ0) is 10.8. The van der Waals surface area contributed by atoms with Crippen molar-refractivity contribution in [2.45, 2.75) is 58.5 Å². The van der Waals surface area contributed by atoms with Gasteiger partial charge in [0, 0.05) is 18.3 Å². The van der Waals surface area contributed by atoms with Gasteiger partial charge in [-0.25, -0.2) is 4.98 Å². The molecule has 0 aliphatic carbocycles. The molecule has 84 valence electrons. The summed E-state index contributed by atoms with van der Waals surface area (Å²) in [4.78, 5) is 4.62. The van der Waals surface area contributed by atoms with Gasteiger partial charge in [0.05, 0.1) is 5.69 Å². The summed E-state index contributed by atoms with van der Waals surface area (Å²) >= 11 is 0. The standard InChI is InChI=1S/C12H21N3/c1-4-9-7-11(6-3)15-8-10(5-2)14-12(15)13-9/h8-9,11H,4-7H2,1-3H3,(H,13,14). The van der Waals surface area contributed by atoms with Crippen LogP contribution in [-0.4, -0.2) is 15.6 Å². The van der Waals surface area contributed by atoms with Gasteiger partial charge in [-0.15, -0.1) is 0 Å². The van der Waals surface area contributed by atoms with E-state index in [4.69, 9.17) is 0 Å². The number of nitrogens with zero attached hydrogens (tertiary/aromatic N) is 2. The van der Waals surface area contributed by atoms with Crippen LogP contribution in [0.1, 0.15) is 51.8 Å². The van der Waals surface area contributed by atoms with Gasteiger partial charge in [-0.3, -0.25) is 0 Å². The van der Waals surface area contributed by atoms with E-state index in [-0.39, 0.29) is 0 Å². The van der Waals surface area contributed by atoms with Crippen LogP contribution in [0.4, 0.5) is 5.95 Å². The number of hydrogen-bond donors (Lipinski definition) is 1. The molecular formula is C12H21N3. The molecule has 0 spiro atoms. The lowest BCUT2D eigenvalue weighted by Gasteiger charge is -2.31. The minimum Gasteiger partial charge on any atom is -0.353 e. The zero-order valence-electron chi connectivity index (χ0n) is 9.95. The first-order valence-corrected chi connectivity index (χ1v) is 6.12. The van der Waals surface area contributed by atoms with E-state index >= 15 is 0 Å². The first-order valence-electron chi connectivity index (χ1n) is 6.12. The quantitative estimate of drug-likeness (QED) is 0.825. The SMILES string of the molecule is CCc1cn2c(n1)NC(CC)CC2CC. The number of nitrogens with one attached hydrogen (secondary N) is 1. The second kappa shape index (κ2) is 4.25. The Morgan fingerprint density at radius 1 is 1.40 bits per heavy atom. The van der Waals surface area contributed by atoms with Crippen molar-refractivity contribution < 1.29 is 0 Å². The van der Waals surface area contributed by atoms with E-state index in [9.17, 15) is 0 Å². The van der Waals surface area contributed by atoms with E-state index in [1.165, 1.54) is 25.0 Å². The third-order valence-corrected chi connectivity index (χ3v) is 3.39. The number of aryl methyl sites for hydroxylation is 1. The van der Waals surface area contributed by atoms with Crippen molar-refractivity contribution in [2.24, 2.45) is 0 Å². The van der Waals surface area contributed by atoms with Gasteiger partial charge in [0.15, 0.2) is 0 Å². The summed E-state index contributed by atoms with van der Waals surface area (Å²) in [5, 5.41) is 3.52. The summed E-state index contributed by atoms with van der Waals surface area (Å²) in [5.41, 5.74) is 1.20. The Morgan fingerprint density at radius 3 is 2.80 bits per heavy atom. The number of rotatable bonds is 3. The van der Waals surface area contributed by atoms with Crippen LogP contribution in [0.25, 0.3) is 0 Å². The molecular weight excluding hydrogens is 186 g/mol. The van der Waals surface area contributed by atoms with E-state index in [1.54, 1.807) is 0 Å². The van der Waals surface area contributed by atoms with Gasteiger partial charge in [-0.2, -0.15) is 0 Å². The third-order valence-electron chi connectivity index (χ3n) is 3.39. The predicted octanol–water partition coefficient (Wildman–Crippen LogP) is 2.99. The Kier molecular flexibility index (Phi) is 2.98. The first-order chi connectivity index (χ1) is 7.28. The molecule has 0 saturated carbocycles. The molecule has 1 aromatic rings. The van der Waals surface area contributed by atoms with Crippen molar-refractivity contribution >= 4 is 5.95 Å². The van der Waals surface area contributed by atoms with Crippen molar-refractivity contribution in [3.8, 4) is 0 Å². The first kappa shape index (κ1) is 10.5. The summed E-state index contributed by atoms with van der Waals surface area (Å²) in [5.74, 6) is 1.08. The summed E-state index contributed by atoms with van der Waals surface area (Å²) in [6.45, 7) is 6.66. The summed E-state index contributed by atoms with van der Waals surface area (Å²) in [6, 6.07) is 1.24. The fourth-order valence-corrected chi connectivity index (χ4v) is 2.32. The molecule has 0 saturated heterocycles. The van der Waals surface area contributed by atoms with E-state index in [0.717, 1.165) is 12.4 Å². The largest absolute Gasteiger partial charge is 0.353 e. The maximum Gasteiger partial charge on any atom is 0.203 e. The van der Waals surface area contributed by atoms with Crippen LogP contribution in [-0.2, 0) is 6.42 Å². The molecule has 2 atom stereocenters. The summed E-state index contributed by atoms with van der Waals surface area (Å²) in [7, 11) is 0.